The van der Waals surface area contributed by atoms with Crippen LogP contribution in [-0.2, 0) is 4.74 Å². The van der Waals surface area contributed by atoms with E-state index in [1.54, 1.807) is 18.2 Å². The summed E-state index contributed by atoms with van der Waals surface area (Å²) in [7, 11) is 1.35. The fraction of sp³-hybridized carbons (Fsp3) is 0.238. The lowest BCUT2D eigenvalue weighted by molar-refractivity contribution is 0.0600. The van der Waals surface area contributed by atoms with E-state index in [0.29, 0.717) is 22.7 Å². The number of hydrogen-bond acceptors (Lipinski definition) is 3. The molecule has 2 aromatic rings. The highest BCUT2D eigenvalue weighted by atomic mass is 16.5. The molecule has 0 spiro atoms. The number of benzene rings is 2. The van der Waals surface area contributed by atoms with E-state index >= 15 is 0 Å². The van der Waals surface area contributed by atoms with Crippen molar-refractivity contribution in [2.24, 2.45) is 5.92 Å². The lowest BCUT2D eigenvalue weighted by Crippen LogP contribution is -2.30. The van der Waals surface area contributed by atoms with Gasteiger partial charge in [-0.15, -0.1) is 0 Å². The van der Waals surface area contributed by atoms with Crippen LogP contribution in [0.1, 0.15) is 34.3 Å². The molecule has 1 aliphatic rings. The second-order valence-electron chi connectivity index (χ2n) is 6.18. The lowest BCUT2D eigenvalue weighted by Gasteiger charge is -2.07. The summed E-state index contributed by atoms with van der Waals surface area (Å²) >= 11 is 0. The van der Waals surface area contributed by atoms with Crippen LogP contribution in [0.15, 0.2) is 48.5 Å². The molecule has 2 amide bonds. The topological polar surface area (TPSA) is 67.4 Å². The molecule has 1 aliphatic carbocycles. The minimum Gasteiger partial charge on any atom is -0.465 e. The van der Waals surface area contributed by atoms with Crippen molar-refractivity contribution in [3.63, 3.8) is 0 Å². The first kappa shape index (κ1) is 17.6. The number of hydrogen-bond donors (Lipinski definition) is 2. The number of carbonyl (C=O) groups excluding carboxylic acids is 2. The van der Waals surface area contributed by atoms with Gasteiger partial charge in [-0.1, -0.05) is 24.0 Å². The lowest BCUT2D eigenvalue weighted by atomic mass is 10.1. The number of ether oxygens (including phenoxy) is 1. The van der Waals surface area contributed by atoms with Gasteiger partial charge in [0.15, 0.2) is 0 Å². The normalized spacial score (nSPS) is 12.5. The van der Waals surface area contributed by atoms with Crippen molar-refractivity contribution in [2.45, 2.75) is 12.8 Å². The summed E-state index contributed by atoms with van der Waals surface area (Å²) in [6.07, 6.45) is 2.39. The van der Waals surface area contributed by atoms with E-state index in [-0.39, 0.29) is 6.03 Å². The van der Waals surface area contributed by atoms with Crippen molar-refractivity contribution in [3.05, 3.63) is 65.2 Å². The van der Waals surface area contributed by atoms with Gasteiger partial charge in [0.05, 0.1) is 12.7 Å². The average Bonchev–Trinajstić information content (AvgIpc) is 3.49. The fourth-order valence-corrected chi connectivity index (χ4v) is 2.40. The highest BCUT2D eigenvalue weighted by Gasteiger charge is 2.21. The van der Waals surface area contributed by atoms with Gasteiger partial charge in [-0.25, -0.2) is 9.59 Å². The second-order valence-corrected chi connectivity index (χ2v) is 6.18. The summed E-state index contributed by atoms with van der Waals surface area (Å²) in [4.78, 5) is 23.4. The molecule has 0 aliphatic heterocycles. The van der Waals surface area contributed by atoms with Crippen LogP contribution in [0.4, 0.5) is 10.5 Å². The summed E-state index contributed by atoms with van der Waals surface area (Å²) < 4.78 is 4.71. The standard InChI is InChI=1S/C21H20N2O3/c1-26-20(24)18-6-2-4-15(12-18)8-9-16-5-3-7-19(13-16)23-21(25)22-14-17-10-11-17/h2-7,12-13,17H,10-11,14H2,1H3,(H2,22,23,25). The summed E-state index contributed by atoms with van der Waals surface area (Å²) in [5, 5.41) is 5.68. The highest BCUT2D eigenvalue weighted by Crippen LogP contribution is 2.27. The van der Waals surface area contributed by atoms with Gasteiger partial charge in [-0.3, -0.25) is 0 Å². The molecule has 26 heavy (non-hydrogen) atoms. The molecule has 0 unspecified atom stereocenters. The molecule has 0 radical (unpaired) electrons. The Kier molecular flexibility index (Phi) is 5.55. The molecule has 1 fully saturated rings. The first-order valence-corrected chi connectivity index (χ1v) is 8.49. The van der Waals surface area contributed by atoms with Gasteiger partial charge in [0.2, 0.25) is 0 Å². The highest BCUT2D eigenvalue weighted by molar-refractivity contribution is 5.90. The quantitative estimate of drug-likeness (QED) is 0.657. The van der Waals surface area contributed by atoms with Crippen molar-refractivity contribution >= 4 is 17.7 Å². The Balaban J connectivity index is 1.66. The minimum absolute atomic E-state index is 0.201. The van der Waals surface area contributed by atoms with Crippen molar-refractivity contribution in [1.82, 2.24) is 5.32 Å². The molecular formula is C21H20N2O3. The number of rotatable bonds is 4. The van der Waals surface area contributed by atoms with Crippen molar-refractivity contribution in [3.8, 4) is 11.8 Å². The van der Waals surface area contributed by atoms with E-state index in [2.05, 4.69) is 22.5 Å². The van der Waals surface area contributed by atoms with Crippen LogP contribution < -0.4 is 10.6 Å². The molecule has 0 heterocycles. The van der Waals surface area contributed by atoms with Crippen LogP contribution in [-0.4, -0.2) is 25.7 Å². The van der Waals surface area contributed by atoms with Gasteiger partial charge in [-0.2, -0.15) is 0 Å². The van der Waals surface area contributed by atoms with Gasteiger partial charge >= 0.3 is 12.0 Å². The molecule has 0 aromatic heterocycles. The maximum absolute atomic E-state index is 11.9. The Morgan fingerprint density at radius 3 is 2.46 bits per heavy atom. The van der Waals surface area contributed by atoms with Gasteiger partial charge < -0.3 is 15.4 Å². The third kappa shape index (κ3) is 5.12. The van der Waals surface area contributed by atoms with Crippen LogP contribution in [0.3, 0.4) is 0 Å². The van der Waals surface area contributed by atoms with Crippen LogP contribution >= 0.6 is 0 Å². The van der Waals surface area contributed by atoms with Crippen LogP contribution in [0.2, 0.25) is 0 Å². The molecule has 0 saturated heterocycles. The first-order chi connectivity index (χ1) is 12.6. The van der Waals surface area contributed by atoms with Gasteiger partial charge in [0, 0.05) is 23.4 Å². The van der Waals surface area contributed by atoms with E-state index in [1.165, 1.54) is 20.0 Å². The third-order valence-electron chi connectivity index (χ3n) is 4.00. The summed E-state index contributed by atoms with van der Waals surface area (Å²) in [5.41, 5.74) is 2.64. The third-order valence-corrected chi connectivity index (χ3v) is 4.00. The van der Waals surface area contributed by atoms with Gasteiger partial charge in [0.1, 0.15) is 0 Å². The van der Waals surface area contributed by atoms with Crippen molar-refractivity contribution in [2.75, 3.05) is 19.0 Å². The first-order valence-electron chi connectivity index (χ1n) is 8.49. The maximum atomic E-state index is 11.9. The monoisotopic (exact) mass is 348 g/mol. The van der Waals surface area contributed by atoms with Crippen molar-refractivity contribution < 1.29 is 14.3 Å². The zero-order chi connectivity index (χ0) is 18.4. The zero-order valence-electron chi connectivity index (χ0n) is 14.5. The number of nitrogens with one attached hydrogen (secondary N) is 2. The Morgan fingerprint density at radius 2 is 1.77 bits per heavy atom. The largest absolute Gasteiger partial charge is 0.465 e. The molecular weight excluding hydrogens is 328 g/mol. The van der Waals surface area contributed by atoms with Crippen LogP contribution in [0, 0.1) is 17.8 Å². The average molecular weight is 348 g/mol. The predicted molar refractivity (Wildman–Crippen MR) is 99.9 cm³/mol. The maximum Gasteiger partial charge on any atom is 0.337 e. The van der Waals surface area contributed by atoms with Crippen LogP contribution in [0.25, 0.3) is 0 Å². The molecule has 5 nitrogen and oxygen atoms in total. The number of esters is 1. The van der Waals surface area contributed by atoms with Gasteiger partial charge in [-0.05, 0) is 55.2 Å². The number of amides is 2. The Labute approximate surface area is 152 Å². The fourth-order valence-electron chi connectivity index (χ4n) is 2.40. The van der Waals surface area contributed by atoms with Crippen LogP contribution in [0.5, 0.6) is 0 Å². The summed E-state index contributed by atoms with van der Waals surface area (Å²) in [5.74, 6) is 6.31. The van der Waals surface area contributed by atoms with Gasteiger partial charge in [0.25, 0.3) is 0 Å². The predicted octanol–water partition coefficient (Wildman–Crippen LogP) is 3.40. The van der Waals surface area contributed by atoms with E-state index in [0.717, 1.165) is 12.1 Å². The number of urea groups is 1. The smallest absolute Gasteiger partial charge is 0.337 e. The van der Waals surface area contributed by atoms with E-state index < -0.39 is 5.97 Å². The van der Waals surface area contributed by atoms with E-state index in [9.17, 15) is 9.59 Å². The van der Waals surface area contributed by atoms with E-state index in [1.807, 2.05) is 30.3 Å². The minimum atomic E-state index is -0.392. The number of methoxy groups -OCH3 is 1. The molecule has 2 N–H and O–H groups in total. The van der Waals surface area contributed by atoms with Crippen molar-refractivity contribution in [1.29, 1.82) is 0 Å². The number of anilines is 1. The zero-order valence-corrected chi connectivity index (χ0v) is 14.5. The Morgan fingerprint density at radius 1 is 1.08 bits per heavy atom. The summed E-state index contributed by atoms with van der Waals surface area (Å²) in [6, 6.07) is 14.1. The molecule has 0 bridgehead atoms. The molecule has 3 rings (SSSR count). The van der Waals surface area contributed by atoms with E-state index in [4.69, 9.17) is 4.74 Å². The molecule has 5 heteroatoms. The molecule has 132 valence electrons. The summed E-state index contributed by atoms with van der Waals surface area (Å²) in [6.45, 7) is 0.724. The Hall–Kier alpha value is -3.26. The molecule has 1 saturated carbocycles. The molecule has 0 atom stereocenters. The number of carbonyl (C=O) groups is 2. The SMILES string of the molecule is COC(=O)c1cccc(C#Cc2cccc(NC(=O)NCC3CC3)c2)c1. The molecule has 2 aromatic carbocycles. The second kappa shape index (κ2) is 8.21. The Bertz CT molecular complexity index is 876.